The second-order valence-electron chi connectivity index (χ2n) is 7.30. The summed E-state index contributed by atoms with van der Waals surface area (Å²) in [5.41, 5.74) is 4.71. The highest BCUT2D eigenvalue weighted by atomic mass is 16.5. The molecule has 0 atom stereocenters. The second kappa shape index (κ2) is 7.07. The number of rotatable bonds is 4. The quantitative estimate of drug-likeness (QED) is 0.675. The zero-order chi connectivity index (χ0) is 17.2. The lowest BCUT2D eigenvalue weighted by atomic mass is 9.87. The fraction of sp³-hybridized carbons (Fsp3) is 0.500. The van der Waals surface area contributed by atoms with Crippen LogP contribution >= 0.6 is 0 Å². The first-order valence-corrected chi connectivity index (χ1v) is 9.79. The highest BCUT2D eigenvalue weighted by Crippen LogP contribution is 2.41. The van der Waals surface area contributed by atoms with E-state index in [1.54, 1.807) is 0 Å². The standard InChI is InChI=1S/C22H27NO2/c1-2-25-22(24)18-12-8-14-20(18)23-19-13-7-6-11-17(19)15-21(23)16-9-4-3-5-10-16/h6-7,11,13,15-16H,2-5,8-10,12,14H2,1H3. The van der Waals surface area contributed by atoms with Gasteiger partial charge in [0.15, 0.2) is 0 Å². The summed E-state index contributed by atoms with van der Waals surface area (Å²) < 4.78 is 7.75. The summed E-state index contributed by atoms with van der Waals surface area (Å²) in [4.78, 5) is 12.5. The van der Waals surface area contributed by atoms with E-state index in [2.05, 4.69) is 34.9 Å². The van der Waals surface area contributed by atoms with Crippen LogP contribution < -0.4 is 0 Å². The molecular formula is C22H27NO2. The number of fused-ring (bicyclic) bond motifs is 1. The van der Waals surface area contributed by atoms with Gasteiger partial charge >= 0.3 is 5.97 Å². The van der Waals surface area contributed by atoms with Gasteiger partial charge in [0.25, 0.3) is 0 Å². The maximum Gasteiger partial charge on any atom is 0.335 e. The lowest BCUT2D eigenvalue weighted by molar-refractivity contribution is -0.138. The van der Waals surface area contributed by atoms with Gasteiger partial charge in [-0.3, -0.25) is 0 Å². The Morgan fingerprint density at radius 2 is 1.92 bits per heavy atom. The topological polar surface area (TPSA) is 31.2 Å². The lowest BCUT2D eigenvalue weighted by Crippen LogP contribution is -2.13. The molecule has 0 radical (unpaired) electrons. The number of benzene rings is 1. The molecule has 1 saturated carbocycles. The van der Waals surface area contributed by atoms with Crippen molar-refractivity contribution in [3.8, 4) is 0 Å². The summed E-state index contributed by atoms with van der Waals surface area (Å²) in [6, 6.07) is 10.9. The Labute approximate surface area is 149 Å². The van der Waals surface area contributed by atoms with Gasteiger partial charge in [-0.2, -0.15) is 0 Å². The van der Waals surface area contributed by atoms with Crippen molar-refractivity contribution in [3.63, 3.8) is 0 Å². The van der Waals surface area contributed by atoms with E-state index in [-0.39, 0.29) is 5.97 Å². The molecule has 2 aromatic rings. The Morgan fingerprint density at radius 3 is 2.72 bits per heavy atom. The Morgan fingerprint density at radius 1 is 1.12 bits per heavy atom. The maximum atomic E-state index is 12.5. The van der Waals surface area contributed by atoms with Crippen molar-refractivity contribution in [2.24, 2.45) is 0 Å². The molecule has 2 aliphatic rings. The maximum absolute atomic E-state index is 12.5. The van der Waals surface area contributed by atoms with Crippen molar-refractivity contribution in [1.29, 1.82) is 0 Å². The number of hydrogen-bond donors (Lipinski definition) is 0. The molecule has 1 heterocycles. The Balaban J connectivity index is 1.87. The molecule has 0 bridgehead atoms. The molecule has 0 N–H and O–H groups in total. The largest absolute Gasteiger partial charge is 0.463 e. The molecule has 0 aliphatic heterocycles. The monoisotopic (exact) mass is 337 g/mol. The predicted molar refractivity (Wildman–Crippen MR) is 101 cm³/mol. The van der Waals surface area contributed by atoms with E-state index in [4.69, 9.17) is 4.74 Å². The molecule has 1 fully saturated rings. The third-order valence-corrected chi connectivity index (χ3v) is 5.74. The van der Waals surface area contributed by atoms with Crippen LogP contribution in [0.25, 0.3) is 16.6 Å². The van der Waals surface area contributed by atoms with Crippen LogP contribution in [0.2, 0.25) is 0 Å². The number of ether oxygens (including phenoxy) is 1. The summed E-state index contributed by atoms with van der Waals surface area (Å²) >= 11 is 0. The third kappa shape index (κ3) is 3.01. The highest BCUT2D eigenvalue weighted by molar-refractivity contribution is 5.97. The van der Waals surface area contributed by atoms with Gasteiger partial charge < -0.3 is 9.30 Å². The molecular weight excluding hydrogens is 310 g/mol. The van der Waals surface area contributed by atoms with Crippen LogP contribution in [0.4, 0.5) is 0 Å². The molecule has 4 rings (SSSR count). The fourth-order valence-corrected chi connectivity index (χ4v) is 4.59. The van der Waals surface area contributed by atoms with Gasteiger partial charge in [0, 0.05) is 16.8 Å². The SMILES string of the molecule is CCOC(=O)C1=C(n2c(C3CCCCC3)cc3ccccc32)CCC1. The van der Waals surface area contributed by atoms with Gasteiger partial charge in [-0.1, -0.05) is 37.5 Å². The Bertz CT molecular complexity index is 809. The van der Waals surface area contributed by atoms with Crippen LogP contribution in [0.1, 0.15) is 69.9 Å². The predicted octanol–water partition coefficient (Wildman–Crippen LogP) is 5.65. The minimum absolute atomic E-state index is 0.123. The molecule has 25 heavy (non-hydrogen) atoms. The van der Waals surface area contributed by atoms with Crippen LogP contribution in [0, 0.1) is 0 Å². The van der Waals surface area contributed by atoms with Crippen molar-refractivity contribution in [2.45, 2.75) is 64.2 Å². The highest BCUT2D eigenvalue weighted by Gasteiger charge is 2.28. The van der Waals surface area contributed by atoms with E-state index in [9.17, 15) is 4.79 Å². The molecule has 0 unspecified atom stereocenters. The van der Waals surface area contributed by atoms with Gasteiger partial charge in [0.2, 0.25) is 0 Å². The number of para-hydroxylation sites is 1. The van der Waals surface area contributed by atoms with Crippen molar-refractivity contribution < 1.29 is 9.53 Å². The molecule has 3 heteroatoms. The third-order valence-electron chi connectivity index (χ3n) is 5.74. The molecule has 0 saturated heterocycles. The van der Waals surface area contributed by atoms with E-state index in [0.29, 0.717) is 12.5 Å². The number of aromatic nitrogens is 1. The van der Waals surface area contributed by atoms with Crippen molar-refractivity contribution in [2.75, 3.05) is 6.61 Å². The van der Waals surface area contributed by atoms with Crippen LogP contribution in [0.3, 0.4) is 0 Å². The first-order chi connectivity index (χ1) is 12.3. The number of allylic oxidation sites excluding steroid dienone is 1. The number of carbonyl (C=O) groups excluding carboxylic acids is 1. The normalized spacial score (nSPS) is 18.9. The summed E-state index contributed by atoms with van der Waals surface area (Å²) in [5, 5.41) is 1.28. The summed E-state index contributed by atoms with van der Waals surface area (Å²) in [6.45, 7) is 2.32. The molecule has 2 aliphatic carbocycles. The molecule has 132 valence electrons. The van der Waals surface area contributed by atoms with Gasteiger partial charge in [0.1, 0.15) is 0 Å². The minimum Gasteiger partial charge on any atom is -0.463 e. The van der Waals surface area contributed by atoms with Crippen LogP contribution in [-0.2, 0) is 9.53 Å². The zero-order valence-corrected chi connectivity index (χ0v) is 15.1. The first kappa shape index (κ1) is 16.4. The zero-order valence-electron chi connectivity index (χ0n) is 15.1. The summed E-state index contributed by atoms with van der Waals surface area (Å²) in [5.74, 6) is 0.486. The molecule has 1 aromatic heterocycles. The fourth-order valence-electron chi connectivity index (χ4n) is 4.59. The van der Waals surface area contributed by atoms with E-state index in [0.717, 1.165) is 24.8 Å². The van der Waals surface area contributed by atoms with E-state index in [1.807, 2.05) is 6.92 Å². The molecule has 0 amide bonds. The van der Waals surface area contributed by atoms with Gasteiger partial charge in [0.05, 0.1) is 17.7 Å². The molecule has 3 nitrogen and oxygen atoms in total. The van der Waals surface area contributed by atoms with E-state index >= 15 is 0 Å². The van der Waals surface area contributed by atoms with Crippen LogP contribution in [0.15, 0.2) is 35.9 Å². The van der Waals surface area contributed by atoms with E-state index in [1.165, 1.54) is 54.4 Å². The van der Waals surface area contributed by atoms with E-state index < -0.39 is 0 Å². The van der Waals surface area contributed by atoms with Crippen molar-refractivity contribution in [3.05, 3.63) is 41.6 Å². The minimum atomic E-state index is -0.123. The van der Waals surface area contributed by atoms with Crippen molar-refractivity contribution in [1.82, 2.24) is 4.57 Å². The first-order valence-electron chi connectivity index (χ1n) is 9.79. The van der Waals surface area contributed by atoms with Gasteiger partial charge in [-0.15, -0.1) is 0 Å². The number of hydrogen-bond acceptors (Lipinski definition) is 2. The molecule has 0 spiro atoms. The smallest absolute Gasteiger partial charge is 0.335 e. The number of esters is 1. The number of carbonyl (C=O) groups is 1. The average molecular weight is 337 g/mol. The van der Waals surface area contributed by atoms with Gasteiger partial charge in [-0.25, -0.2) is 4.79 Å². The van der Waals surface area contributed by atoms with Crippen molar-refractivity contribution >= 4 is 22.6 Å². The average Bonchev–Trinajstić information content (AvgIpc) is 3.26. The number of nitrogens with zero attached hydrogens (tertiary/aromatic N) is 1. The second-order valence-corrected chi connectivity index (χ2v) is 7.30. The summed E-state index contributed by atoms with van der Waals surface area (Å²) in [6.07, 6.45) is 9.35. The summed E-state index contributed by atoms with van der Waals surface area (Å²) in [7, 11) is 0. The lowest BCUT2D eigenvalue weighted by Gasteiger charge is -2.24. The van der Waals surface area contributed by atoms with Crippen LogP contribution in [0.5, 0.6) is 0 Å². The Hall–Kier alpha value is -2.03. The Kier molecular flexibility index (Phi) is 4.65. The van der Waals surface area contributed by atoms with Gasteiger partial charge in [-0.05, 0) is 57.1 Å². The molecule has 1 aromatic carbocycles. The van der Waals surface area contributed by atoms with Crippen LogP contribution in [-0.4, -0.2) is 17.1 Å².